The third kappa shape index (κ3) is 4.21. The summed E-state index contributed by atoms with van der Waals surface area (Å²) in [6.45, 7) is 4.27. The molecule has 3 heteroatoms. The largest absolute Gasteiger partial charge is 0.496 e. The quantitative estimate of drug-likeness (QED) is 0.803. The minimum absolute atomic E-state index is 0.146. The van der Waals surface area contributed by atoms with Gasteiger partial charge in [0, 0.05) is 6.42 Å². The average molecular weight is 224 g/mol. The predicted octanol–water partition coefficient (Wildman–Crippen LogP) is 2.02. The summed E-state index contributed by atoms with van der Waals surface area (Å²) in [6, 6.07) is 7.70. The second-order valence-corrected chi connectivity index (χ2v) is 4.05. The highest BCUT2D eigenvalue weighted by Gasteiger charge is 2.10. The van der Waals surface area contributed by atoms with Crippen LogP contribution in [0.25, 0.3) is 0 Å². The molecule has 0 aromatic heterocycles. The minimum atomic E-state index is -0.487. The lowest BCUT2D eigenvalue weighted by atomic mass is 10.1. The second kappa shape index (κ2) is 6.51. The van der Waals surface area contributed by atoms with Gasteiger partial charge in [-0.2, -0.15) is 0 Å². The van der Waals surface area contributed by atoms with Crippen LogP contribution >= 0.6 is 0 Å². The normalized spacial score (nSPS) is 12.8. The standard InChI is InChI=1S/C13H20O3/c1-10(2)16-9-12(14)8-11-6-4-5-7-13(11)15-3/h4-7,10,12,14H,8-9H2,1-3H3. The summed E-state index contributed by atoms with van der Waals surface area (Å²) >= 11 is 0. The lowest BCUT2D eigenvalue weighted by Gasteiger charge is -2.15. The van der Waals surface area contributed by atoms with Crippen molar-refractivity contribution >= 4 is 0 Å². The molecule has 16 heavy (non-hydrogen) atoms. The summed E-state index contributed by atoms with van der Waals surface area (Å²) in [4.78, 5) is 0. The van der Waals surface area contributed by atoms with Crippen molar-refractivity contribution in [2.45, 2.75) is 32.5 Å². The molecular formula is C13H20O3. The van der Waals surface area contributed by atoms with Crippen LogP contribution in [0.15, 0.2) is 24.3 Å². The maximum absolute atomic E-state index is 9.79. The zero-order valence-corrected chi connectivity index (χ0v) is 10.1. The Balaban J connectivity index is 2.51. The van der Waals surface area contributed by atoms with Crippen LogP contribution < -0.4 is 4.74 Å². The number of hydrogen-bond donors (Lipinski definition) is 1. The van der Waals surface area contributed by atoms with Gasteiger partial charge in [0.05, 0.1) is 25.9 Å². The van der Waals surface area contributed by atoms with E-state index < -0.39 is 6.10 Å². The average Bonchev–Trinajstić information content (AvgIpc) is 2.27. The van der Waals surface area contributed by atoms with Gasteiger partial charge >= 0.3 is 0 Å². The number of para-hydroxylation sites is 1. The van der Waals surface area contributed by atoms with Crippen LogP contribution in [0.2, 0.25) is 0 Å². The summed E-state index contributed by atoms with van der Waals surface area (Å²) in [7, 11) is 1.63. The molecule has 1 unspecified atom stereocenters. The number of aliphatic hydroxyl groups excluding tert-OH is 1. The van der Waals surface area contributed by atoms with E-state index >= 15 is 0 Å². The minimum Gasteiger partial charge on any atom is -0.496 e. The lowest BCUT2D eigenvalue weighted by molar-refractivity contribution is 0.00603. The number of benzene rings is 1. The second-order valence-electron chi connectivity index (χ2n) is 4.05. The van der Waals surface area contributed by atoms with E-state index in [0.717, 1.165) is 11.3 Å². The number of ether oxygens (including phenoxy) is 2. The maximum atomic E-state index is 9.79. The van der Waals surface area contributed by atoms with Gasteiger partial charge in [-0.15, -0.1) is 0 Å². The van der Waals surface area contributed by atoms with Crippen LogP contribution in [-0.4, -0.2) is 31.0 Å². The van der Waals surface area contributed by atoms with Gasteiger partial charge in [-0.1, -0.05) is 18.2 Å². The molecule has 1 rings (SSSR count). The lowest BCUT2D eigenvalue weighted by Crippen LogP contribution is -2.20. The molecule has 1 aromatic carbocycles. The molecule has 0 saturated heterocycles. The smallest absolute Gasteiger partial charge is 0.122 e. The van der Waals surface area contributed by atoms with Crippen molar-refractivity contribution in [1.82, 2.24) is 0 Å². The molecule has 0 heterocycles. The highest BCUT2D eigenvalue weighted by atomic mass is 16.5. The first-order valence-electron chi connectivity index (χ1n) is 5.55. The van der Waals surface area contributed by atoms with Crippen LogP contribution in [0, 0.1) is 0 Å². The summed E-state index contributed by atoms with van der Waals surface area (Å²) in [5.41, 5.74) is 1.00. The SMILES string of the molecule is COc1ccccc1CC(O)COC(C)C. The van der Waals surface area contributed by atoms with Crippen molar-refractivity contribution in [3.8, 4) is 5.75 Å². The van der Waals surface area contributed by atoms with Crippen LogP contribution in [0.4, 0.5) is 0 Å². The van der Waals surface area contributed by atoms with Gasteiger partial charge in [0.1, 0.15) is 5.75 Å². The van der Waals surface area contributed by atoms with E-state index in [0.29, 0.717) is 13.0 Å². The van der Waals surface area contributed by atoms with Gasteiger partial charge in [-0.3, -0.25) is 0 Å². The molecule has 1 atom stereocenters. The van der Waals surface area contributed by atoms with Gasteiger partial charge < -0.3 is 14.6 Å². The topological polar surface area (TPSA) is 38.7 Å². The Labute approximate surface area is 97.0 Å². The van der Waals surface area contributed by atoms with Crippen molar-refractivity contribution in [2.24, 2.45) is 0 Å². The van der Waals surface area contributed by atoms with E-state index in [9.17, 15) is 5.11 Å². The fourth-order valence-corrected chi connectivity index (χ4v) is 1.49. The Morgan fingerprint density at radius 1 is 1.25 bits per heavy atom. The Kier molecular flexibility index (Phi) is 5.29. The van der Waals surface area contributed by atoms with E-state index in [2.05, 4.69) is 0 Å². The summed E-state index contributed by atoms with van der Waals surface area (Å²) in [6.07, 6.45) is 0.211. The van der Waals surface area contributed by atoms with Crippen molar-refractivity contribution in [3.63, 3.8) is 0 Å². The molecule has 0 saturated carbocycles. The monoisotopic (exact) mass is 224 g/mol. The molecule has 90 valence electrons. The highest BCUT2D eigenvalue weighted by molar-refractivity contribution is 5.33. The molecule has 1 N–H and O–H groups in total. The Morgan fingerprint density at radius 3 is 2.56 bits per heavy atom. The first-order valence-corrected chi connectivity index (χ1v) is 5.55. The summed E-state index contributed by atoms with van der Waals surface area (Å²) < 4.78 is 10.6. The fraction of sp³-hybridized carbons (Fsp3) is 0.538. The van der Waals surface area contributed by atoms with Crippen molar-refractivity contribution in [3.05, 3.63) is 29.8 Å². The van der Waals surface area contributed by atoms with Crippen LogP contribution in [0.3, 0.4) is 0 Å². The van der Waals surface area contributed by atoms with E-state index in [1.54, 1.807) is 7.11 Å². The predicted molar refractivity (Wildman–Crippen MR) is 63.8 cm³/mol. The Hall–Kier alpha value is -1.06. The fourth-order valence-electron chi connectivity index (χ4n) is 1.49. The van der Waals surface area contributed by atoms with E-state index in [4.69, 9.17) is 9.47 Å². The van der Waals surface area contributed by atoms with Crippen LogP contribution in [0.1, 0.15) is 19.4 Å². The van der Waals surface area contributed by atoms with Crippen molar-refractivity contribution < 1.29 is 14.6 Å². The molecule has 0 spiro atoms. The Bertz CT molecular complexity index is 310. The number of aliphatic hydroxyl groups is 1. The van der Waals surface area contributed by atoms with E-state index in [1.807, 2.05) is 38.1 Å². The molecule has 0 aliphatic carbocycles. The summed E-state index contributed by atoms with van der Waals surface area (Å²) in [5.74, 6) is 0.811. The molecule has 0 amide bonds. The molecule has 0 aliphatic rings. The van der Waals surface area contributed by atoms with Crippen molar-refractivity contribution in [2.75, 3.05) is 13.7 Å². The van der Waals surface area contributed by atoms with Gasteiger partial charge in [-0.05, 0) is 25.5 Å². The van der Waals surface area contributed by atoms with Gasteiger partial charge in [0.15, 0.2) is 0 Å². The molecule has 0 radical (unpaired) electrons. The Morgan fingerprint density at radius 2 is 1.94 bits per heavy atom. The van der Waals surface area contributed by atoms with Gasteiger partial charge in [-0.25, -0.2) is 0 Å². The first kappa shape index (κ1) is 13.0. The van der Waals surface area contributed by atoms with Crippen LogP contribution in [0.5, 0.6) is 5.75 Å². The third-order valence-electron chi connectivity index (χ3n) is 2.27. The molecule has 3 nitrogen and oxygen atoms in total. The molecule has 0 aliphatic heterocycles. The highest BCUT2D eigenvalue weighted by Crippen LogP contribution is 2.19. The first-order chi connectivity index (χ1) is 7.63. The van der Waals surface area contributed by atoms with E-state index in [1.165, 1.54) is 0 Å². The molecular weight excluding hydrogens is 204 g/mol. The number of methoxy groups -OCH3 is 1. The third-order valence-corrected chi connectivity index (χ3v) is 2.27. The number of rotatable bonds is 6. The van der Waals surface area contributed by atoms with Crippen LogP contribution in [-0.2, 0) is 11.2 Å². The van der Waals surface area contributed by atoms with E-state index in [-0.39, 0.29) is 6.10 Å². The van der Waals surface area contributed by atoms with Gasteiger partial charge in [0.2, 0.25) is 0 Å². The molecule has 0 fully saturated rings. The van der Waals surface area contributed by atoms with Crippen molar-refractivity contribution in [1.29, 1.82) is 0 Å². The molecule has 1 aromatic rings. The molecule has 0 bridgehead atoms. The maximum Gasteiger partial charge on any atom is 0.122 e. The zero-order chi connectivity index (χ0) is 12.0. The summed E-state index contributed by atoms with van der Waals surface area (Å²) in [5, 5.41) is 9.79. The number of hydrogen-bond acceptors (Lipinski definition) is 3. The zero-order valence-electron chi connectivity index (χ0n) is 10.1. The van der Waals surface area contributed by atoms with Gasteiger partial charge in [0.25, 0.3) is 0 Å².